The highest BCUT2D eigenvalue weighted by Crippen LogP contribution is 2.19. The van der Waals surface area contributed by atoms with Gasteiger partial charge in [0.1, 0.15) is 0 Å². The van der Waals surface area contributed by atoms with Gasteiger partial charge in [0.15, 0.2) is 0 Å². The monoisotopic (exact) mass is 186 g/mol. The van der Waals surface area contributed by atoms with E-state index in [0.717, 1.165) is 12.8 Å². The number of hydrogen-bond donors (Lipinski definition) is 2. The van der Waals surface area contributed by atoms with Crippen molar-refractivity contribution in [3.05, 3.63) is 0 Å². The zero-order valence-electron chi connectivity index (χ0n) is 7.62. The molecule has 5 heteroatoms. The molecule has 0 aliphatic carbocycles. The van der Waals surface area contributed by atoms with Crippen LogP contribution in [0.25, 0.3) is 0 Å². The molecule has 0 spiro atoms. The van der Waals surface area contributed by atoms with E-state index in [2.05, 4.69) is 5.32 Å². The lowest BCUT2D eigenvalue weighted by Gasteiger charge is -2.22. The van der Waals surface area contributed by atoms with Gasteiger partial charge >= 0.3 is 12.0 Å². The lowest BCUT2D eigenvalue weighted by molar-refractivity contribution is -0.137. The van der Waals surface area contributed by atoms with Crippen LogP contribution in [-0.4, -0.2) is 41.6 Å². The summed E-state index contributed by atoms with van der Waals surface area (Å²) < 4.78 is 0. The molecular formula is C8H14N2O3. The van der Waals surface area contributed by atoms with Gasteiger partial charge in [0.05, 0.1) is 6.42 Å². The SMILES string of the molecule is CNC(=O)N1CCCC1CC(=O)O. The zero-order chi connectivity index (χ0) is 9.84. The molecule has 2 amide bonds. The Kier molecular flexibility index (Phi) is 3.11. The lowest BCUT2D eigenvalue weighted by atomic mass is 10.1. The molecule has 1 aliphatic heterocycles. The van der Waals surface area contributed by atoms with Crippen molar-refractivity contribution in [1.29, 1.82) is 0 Å². The van der Waals surface area contributed by atoms with Crippen LogP contribution in [0.5, 0.6) is 0 Å². The van der Waals surface area contributed by atoms with Crippen molar-refractivity contribution in [2.45, 2.75) is 25.3 Å². The zero-order valence-corrected chi connectivity index (χ0v) is 7.62. The maximum atomic E-state index is 11.2. The molecule has 2 N–H and O–H groups in total. The average molecular weight is 186 g/mol. The summed E-state index contributed by atoms with van der Waals surface area (Å²) in [5.74, 6) is -0.846. The van der Waals surface area contributed by atoms with Gasteiger partial charge in [-0.1, -0.05) is 0 Å². The van der Waals surface area contributed by atoms with E-state index < -0.39 is 5.97 Å². The fraction of sp³-hybridized carbons (Fsp3) is 0.750. The van der Waals surface area contributed by atoms with Crippen molar-refractivity contribution in [3.8, 4) is 0 Å². The van der Waals surface area contributed by atoms with E-state index in [-0.39, 0.29) is 18.5 Å². The summed E-state index contributed by atoms with van der Waals surface area (Å²) in [6.07, 6.45) is 1.73. The van der Waals surface area contributed by atoms with Gasteiger partial charge in [0.25, 0.3) is 0 Å². The van der Waals surface area contributed by atoms with E-state index in [4.69, 9.17) is 5.11 Å². The highest BCUT2D eigenvalue weighted by atomic mass is 16.4. The van der Waals surface area contributed by atoms with Gasteiger partial charge in [-0.15, -0.1) is 0 Å². The van der Waals surface area contributed by atoms with Crippen molar-refractivity contribution in [2.24, 2.45) is 0 Å². The molecule has 1 heterocycles. The van der Waals surface area contributed by atoms with Crippen molar-refractivity contribution in [3.63, 3.8) is 0 Å². The Morgan fingerprint density at radius 3 is 2.85 bits per heavy atom. The number of hydrogen-bond acceptors (Lipinski definition) is 2. The number of rotatable bonds is 2. The maximum Gasteiger partial charge on any atom is 0.317 e. The van der Waals surface area contributed by atoms with Crippen LogP contribution in [0.2, 0.25) is 0 Å². The fourth-order valence-electron chi connectivity index (χ4n) is 1.66. The summed E-state index contributed by atoms with van der Waals surface area (Å²) in [6.45, 7) is 0.664. The number of amides is 2. The number of carbonyl (C=O) groups is 2. The number of carboxylic acids is 1. The second-order valence-electron chi connectivity index (χ2n) is 3.14. The third-order valence-electron chi connectivity index (χ3n) is 2.26. The Bertz CT molecular complexity index is 217. The molecule has 0 saturated carbocycles. The molecule has 1 unspecified atom stereocenters. The van der Waals surface area contributed by atoms with Crippen LogP contribution in [0.4, 0.5) is 4.79 Å². The van der Waals surface area contributed by atoms with E-state index >= 15 is 0 Å². The van der Waals surface area contributed by atoms with E-state index in [1.54, 1.807) is 11.9 Å². The van der Waals surface area contributed by atoms with Gasteiger partial charge in [0.2, 0.25) is 0 Å². The molecule has 0 aromatic carbocycles. The first-order chi connectivity index (χ1) is 6.15. The summed E-state index contributed by atoms with van der Waals surface area (Å²) in [5.41, 5.74) is 0. The largest absolute Gasteiger partial charge is 0.481 e. The first-order valence-electron chi connectivity index (χ1n) is 4.35. The number of likely N-dealkylation sites (tertiary alicyclic amines) is 1. The normalized spacial score (nSPS) is 21.6. The fourth-order valence-corrected chi connectivity index (χ4v) is 1.66. The number of urea groups is 1. The summed E-state index contributed by atoms with van der Waals surface area (Å²) in [7, 11) is 1.55. The number of carbonyl (C=O) groups excluding carboxylic acids is 1. The first-order valence-corrected chi connectivity index (χ1v) is 4.35. The maximum absolute atomic E-state index is 11.2. The van der Waals surface area contributed by atoms with Gasteiger partial charge in [-0.25, -0.2) is 4.79 Å². The Labute approximate surface area is 76.7 Å². The molecule has 0 aromatic rings. The number of aliphatic carboxylic acids is 1. The van der Waals surface area contributed by atoms with Crippen molar-refractivity contribution >= 4 is 12.0 Å². The number of carboxylic acid groups (broad SMARTS) is 1. The van der Waals surface area contributed by atoms with E-state index in [1.165, 1.54) is 0 Å². The second-order valence-corrected chi connectivity index (χ2v) is 3.14. The van der Waals surface area contributed by atoms with Gasteiger partial charge in [-0.2, -0.15) is 0 Å². The molecule has 0 aromatic heterocycles. The molecule has 5 nitrogen and oxygen atoms in total. The molecule has 1 rings (SSSR count). The van der Waals surface area contributed by atoms with E-state index in [0.29, 0.717) is 6.54 Å². The van der Waals surface area contributed by atoms with Crippen LogP contribution >= 0.6 is 0 Å². The Morgan fingerprint density at radius 2 is 2.31 bits per heavy atom. The van der Waals surface area contributed by atoms with Crippen LogP contribution in [0, 0.1) is 0 Å². The first kappa shape index (κ1) is 9.83. The quantitative estimate of drug-likeness (QED) is 0.650. The molecule has 1 aliphatic rings. The summed E-state index contributed by atoms with van der Waals surface area (Å²) >= 11 is 0. The summed E-state index contributed by atoms with van der Waals surface area (Å²) in [4.78, 5) is 23.3. The second kappa shape index (κ2) is 4.11. The summed E-state index contributed by atoms with van der Waals surface area (Å²) in [5, 5.41) is 11.1. The Hall–Kier alpha value is -1.26. The Morgan fingerprint density at radius 1 is 1.62 bits per heavy atom. The molecule has 13 heavy (non-hydrogen) atoms. The standard InChI is InChI=1S/C8H14N2O3/c1-9-8(13)10-4-2-3-6(10)5-7(11)12/h6H,2-5H2,1H3,(H,9,13)(H,11,12). The molecular weight excluding hydrogens is 172 g/mol. The number of nitrogens with zero attached hydrogens (tertiary/aromatic N) is 1. The number of nitrogens with one attached hydrogen (secondary N) is 1. The van der Waals surface area contributed by atoms with Gasteiger partial charge < -0.3 is 15.3 Å². The molecule has 74 valence electrons. The van der Waals surface area contributed by atoms with Crippen LogP contribution in [0.15, 0.2) is 0 Å². The van der Waals surface area contributed by atoms with Gasteiger partial charge in [0, 0.05) is 19.6 Å². The lowest BCUT2D eigenvalue weighted by Crippen LogP contribution is -2.42. The van der Waals surface area contributed by atoms with Gasteiger partial charge in [-0.3, -0.25) is 4.79 Å². The molecule has 1 fully saturated rings. The molecule has 1 atom stereocenters. The predicted molar refractivity (Wildman–Crippen MR) is 46.4 cm³/mol. The topological polar surface area (TPSA) is 69.6 Å². The van der Waals surface area contributed by atoms with Crippen LogP contribution in [0.3, 0.4) is 0 Å². The predicted octanol–water partition coefficient (Wildman–Crippen LogP) is 0.265. The minimum Gasteiger partial charge on any atom is -0.481 e. The highest BCUT2D eigenvalue weighted by molar-refractivity contribution is 5.76. The third kappa shape index (κ3) is 2.34. The van der Waals surface area contributed by atoms with E-state index in [9.17, 15) is 9.59 Å². The van der Waals surface area contributed by atoms with Gasteiger partial charge in [-0.05, 0) is 12.8 Å². The minimum absolute atomic E-state index is 0.0490. The average Bonchev–Trinajstić information content (AvgIpc) is 2.50. The van der Waals surface area contributed by atoms with Crippen molar-refractivity contribution in [1.82, 2.24) is 10.2 Å². The van der Waals surface area contributed by atoms with Crippen LogP contribution < -0.4 is 5.32 Å². The Balaban J connectivity index is 2.53. The molecule has 0 radical (unpaired) electrons. The minimum atomic E-state index is -0.846. The smallest absolute Gasteiger partial charge is 0.317 e. The molecule has 1 saturated heterocycles. The van der Waals surface area contributed by atoms with Crippen molar-refractivity contribution < 1.29 is 14.7 Å². The summed E-state index contributed by atoms with van der Waals surface area (Å²) in [6, 6.07) is -0.304. The van der Waals surface area contributed by atoms with Crippen molar-refractivity contribution in [2.75, 3.05) is 13.6 Å². The third-order valence-corrected chi connectivity index (χ3v) is 2.26. The van der Waals surface area contributed by atoms with E-state index in [1.807, 2.05) is 0 Å². The highest BCUT2D eigenvalue weighted by Gasteiger charge is 2.29. The van der Waals surface area contributed by atoms with Crippen LogP contribution in [0.1, 0.15) is 19.3 Å². The molecule has 0 bridgehead atoms. The van der Waals surface area contributed by atoms with Crippen LogP contribution in [-0.2, 0) is 4.79 Å².